The minimum absolute atomic E-state index is 0.0631. The molecule has 0 bridgehead atoms. The molecule has 0 radical (unpaired) electrons. The van der Waals surface area contributed by atoms with Crippen LogP contribution in [0.1, 0.15) is 168 Å². The van der Waals surface area contributed by atoms with Crippen molar-refractivity contribution in [3.8, 4) is 0 Å². The Labute approximate surface area is 223 Å². The summed E-state index contributed by atoms with van der Waals surface area (Å²) >= 11 is 0. The maximum atomic E-state index is 12.0. The van der Waals surface area contributed by atoms with E-state index in [-0.39, 0.29) is 25.2 Å². The first-order valence-corrected chi connectivity index (χ1v) is 15.6. The second-order valence-corrected chi connectivity index (χ2v) is 10.5. The quantitative estimate of drug-likeness (QED) is 0.0837. The van der Waals surface area contributed by atoms with Crippen molar-refractivity contribution in [1.82, 2.24) is 0 Å². The number of carbonyl (C=O) groups is 2. The van der Waals surface area contributed by atoms with Crippen molar-refractivity contribution in [2.45, 2.75) is 174 Å². The lowest BCUT2D eigenvalue weighted by Crippen LogP contribution is -2.28. The Morgan fingerprint density at radius 1 is 0.528 bits per heavy atom. The van der Waals surface area contributed by atoms with E-state index in [0.717, 1.165) is 38.5 Å². The molecule has 0 fully saturated rings. The lowest BCUT2D eigenvalue weighted by molar-refractivity contribution is -0.161. The van der Waals surface area contributed by atoms with Crippen LogP contribution in [-0.2, 0) is 19.1 Å². The van der Waals surface area contributed by atoms with Crippen molar-refractivity contribution in [3.05, 3.63) is 0 Å². The van der Waals surface area contributed by atoms with Crippen molar-refractivity contribution in [2.75, 3.05) is 13.2 Å². The molecule has 5 heteroatoms. The van der Waals surface area contributed by atoms with Crippen LogP contribution in [0.2, 0.25) is 0 Å². The van der Waals surface area contributed by atoms with Crippen LogP contribution in [0.5, 0.6) is 0 Å². The third-order valence-electron chi connectivity index (χ3n) is 6.90. The number of rotatable bonds is 28. The topological polar surface area (TPSA) is 72.8 Å². The zero-order valence-electron chi connectivity index (χ0n) is 24.0. The predicted molar refractivity (Wildman–Crippen MR) is 150 cm³/mol. The van der Waals surface area contributed by atoms with Gasteiger partial charge in [0.1, 0.15) is 6.61 Å². The van der Waals surface area contributed by atoms with Gasteiger partial charge in [0.2, 0.25) is 0 Å². The summed E-state index contributed by atoms with van der Waals surface area (Å²) in [4.78, 5) is 23.6. The van der Waals surface area contributed by atoms with E-state index >= 15 is 0 Å². The predicted octanol–water partition coefficient (Wildman–Crippen LogP) is 8.84. The van der Waals surface area contributed by atoms with Crippen LogP contribution >= 0.6 is 0 Å². The summed E-state index contributed by atoms with van der Waals surface area (Å²) in [6.07, 6.45) is 28.0. The molecule has 36 heavy (non-hydrogen) atoms. The van der Waals surface area contributed by atoms with Gasteiger partial charge >= 0.3 is 11.9 Å². The van der Waals surface area contributed by atoms with Gasteiger partial charge in [0.15, 0.2) is 6.10 Å². The summed E-state index contributed by atoms with van der Waals surface area (Å²) in [5, 5.41) is 9.37. The molecule has 5 nitrogen and oxygen atoms in total. The summed E-state index contributed by atoms with van der Waals surface area (Å²) in [5.41, 5.74) is 0. The zero-order chi connectivity index (χ0) is 26.5. The average Bonchev–Trinajstić information content (AvgIpc) is 2.88. The summed E-state index contributed by atoms with van der Waals surface area (Å²) in [6, 6.07) is 0. The molecule has 0 aliphatic heterocycles. The Morgan fingerprint density at radius 2 is 0.861 bits per heavy atom. The van der Waals surface area contributed by atoms with Crippen molar-refractivity contribution in [2.24, 2.45) is 0 Å². The molecule has 0 aromatic rings. The van der Waals surface area contributed by atoms with Crippen LogP contribution in [0.15, 0.2) is 0 Å². The average molecular weight is 513 g/mol. The molecular formula is C31H60O5. The minimum atomic E-state index is -0.757. The van der Waals surface area contributed by atoms with E-state index in [2.05, 4.69) is 13.8 Å². The highest BCUT2D eigenvalue weighted by atomic mass is 16.6. The molecule has 0 aliphatic rings. The fourth-order valence-corrected chi connectivity index (χ4v) is 4.49. The van der Waals surface area contributed by atoms with Gasteiger partial charge in [-0.1, -0.05) is 142 Å². The Kier molecular flexibility index (Phi) is 27.6. The first-order chi connectivity index (χ1) is 17.6. The van der Waals surface area contributed by atoms with Crippen LogP contribution in [0.25, 0.3) is 0 Å². The third-order valence-corrected chi connectivity index (χ3v) is 6.90. The molecule has 1 N–H and O–H groups in total. The van der Waals surface area contributed by atoms with E-state index in [1.165, 1.54) is 103 Å². The van der Waals surface area contributed by atoms with Crippen LogP contribution in [-0.4, -0.2) is 36.4 Å². The molecule has 0 saturated carbocycles. The van der Waals surface area contributed by atoms with Crippen molar-refractivity contribution >= 4 is 11.9 Å². The van der Waals surface area contributed by atoms with E-state index in [1.54, 1.807) is 0 Å². The van der Waals surface area contributed by atoms with Crippen LogP contribution < -0.4 is 0 Å². The van der Waals surface area contributed by atoms with Crippen LogP contribution in [0.3, 0.4) is 0 Å². The van der Waals surface area contributed by atoms with Gasteiger partial charge in [0.25, 0.3) is 0 Å². The van der Waals surface area contributed by atoms with Crippen molar-refractivity contribution in [3.63, 3.8) is 0 Å². The Morgan fingerprint density at radius 3 is 1.28 bits per heavy atom. The number of ether oxygens (including phenoxy) is 2. The van der Waals surface area contributed by atoms with Gasteiger partial charge < -0.3 is 14.6 Å². The molecule has 1 atom stereocenters. The highest BCUT2D eigenvalue weighted by Crippen LogP contribution is 2.15. The van der Waals surface area contributed by atoms with Crippen LogP contribution in [0.4, 0.5) is 0 Å². The van der Waals surface area contributed by atoms with Gasteiger partial charge in [-0.25, -0.2) is 0 Å². The summed E-state index contributed by atoms with van der Waals surface area (Å²) in [5.74, 6) is -0.611. The molecular weight excluding hydrogens is 452 g/mol. The molecule has 0 saturated heterocycles. The van der Waals surface area contributed by atoms with Crippen LogP contribution in [0, 0.1) is 0 Å². The van der Waals surface area contributed by atoms with E-state index in [0.29, 0.717) is 12.8 Å². The first-order valence-electron chi connectivity index (χ1n) is 15.6. The maximum absolute atomic E-state index is 12.0. The van der Waals surface area contributed by atoms with E-state index in [1.807, 2.05) is 0 Å². The van der Waals surface area contributed by atoms with Gasteiger partial charge in [0.05, 0.1) is 6.61 Å². The Balaban J connectivity index is 3.40. The molecule has 0 spiro atoms. The zero-order valence-corrected chi connectivity index (χ0v) is 24.0. The van der Waals surface area contributed by atoms with Gasteiger partial charge in [-0.3, -0.25) is 9.59 Å². The maximum Gasteiger partial charge on any atom is 0.306 e. The molecule has 0 aliphatic carbocycles. The monoisotopic (exact) mass is 512 g/mol. The van der Waals surface area contributed by atoms with Gasteiger partial charge in [-0.15, -0.1) is 0 Å². The Bertz CT molecular complexity index is 480. The smallest absolute Gasteiger partial charge is 0.306 e. The largest absolute Gasteiger partial charge is 0.462 e. The fourth-order valence-electron chi connectivity index (χ4n) is 4.49. The first kappa shape index (κ1) is 34.9. The van der Waals surface area contributed by atoms with Gasteiger partial charge in [0, 0.05) is 12.8 Å². The number of aliphatic hydroxyl groups excluding tert-OH is 1. The van der Waals surface area contributed by atoms with Crippen molar-refractivity contribution in [1.29, 1.82) is 0 Å². The summed E-state index contributed by atoms with van der Waals surface area (Å²) in [7, 11) is 0. The normalized spacial score (nSPS) is 12.0. The van der Waals surface area contributed by atoms with E-state index in [9.17, 15) is 14.7 Å². The van der Waals surface area contributed by atoms with Gasteiger partial charge in [-0.05, 0) is 12.8 Å². The number of unbranched alkanes of at least 4 members (excludes halogenated alkanes) is 20. The van der Waals surface area contributed by atoms with E-state index < -0.39 is 6.10 Å². The number of hydrogen-bond donors (Lipinski definition) is 1. The van der Waals surface area contributed by atoms with Gasteiger partial charge in [-0.2, -0.15) is 0 Å². The molecule has 0 aromatic heterocycles. The number of esters is 2. The molecule has 0 rings (SSSR count). The highest BCUT2D eigenvalue weighted by Gasteiger charge is 2.16. The molecule has 1 unspecified atom stereocenters. The second-order valence-electron chi connectivity index (χ2n) is 10.5. The Hall–Kier alpha value is -1.10. The second kappa shape index (κ2) is 28.5. The van der Waals surface area contributed by atoms with E-state index in [4.69, 9.17) is 9.47 Å². The molecule has 0 heterocycles. The summed E-state index contributed by atoms with van der Waals surface area (Å²) < 4.78 is 10.4. The lowest BCUT2D eigenvalue weighted by Gasteiger charge is -2.15. The summed E-state index contributed by atoms with van der Waals surface area (Å²) in [6.45, 7) is 3.97. The molecule has 214 valence electrons. The van der Waals surface area contributed by atoms with Crippen molar-refractivity contribution < 1.29 is 24.2 Å². The minimum Gasteiger partial charge on any atom is -0.462 e. The number of aliphatic hydroxyl groups is 1. The fraction of sp³-hybridized carbons (Fsp3) is 0.935. The molecule has 0 aromatic carbocycles. The number of hydrogen-bond acceptors (Lipinski definition) is 5. The lowest BCUT2D eigenvalue weighted by atomic mass is 10.0. The SMILES string of the molecule is CCCCCCCCCCCCCCCCCCCCCC(=O)OC(CO)COC(=O)CCCCC. The third kappa shape index (κ3) is 26.0. The number of carbonyl (C=O) groups excluding carboxylic acids is 2. The standard InChI is InChI=1S/C31H60O5/c1-3-5-7-8-9-10-11-12-13-14-15-16-17-18-19-20-21-22-24-26-31(34)36-29(27-32)28-35-30(33)25-23-6-4-2/h29,32H,3-28H2,1-2H3. The molecule has 0 amide bonds. The highest BCUT2D eigenvalue weighted by molar-refractivity contribution is 5.70.